The average Bonchev–Trinajstić information content (AvgIpc) is 3.93. The van der Waals surface area contributed by atoms with Gasteiger partial charge in [-0.2, -0.15) is 0 Å². The van der Waals surface area contributed by atoms with Crippen molar-refractivity contribution < 1.29 is 0 Å². The smallest absolute Gasteiger partial charge is 0.160 e. The fraction of sp³-hybridized carbons (Fsp3) is 0. The van der Waals surface area contributed by atoms with Crippen LogP contribution in [0.15, 0.2) is 255 Å². The second-order valence-electron chi connectivity index (χ2n) is 17.3. The van der Waals surface area contributed by atoms with Crippen LogP contribution in [0.1, 0.15) is 0 Å². The summed E-state index contributed by atoms with van der Waals surface area (Å²) in [5, 5.41) is 4.84. The molecule has 3 heterocycles. The van der Waals surface area contributed by atoms with Gasteiger partial charge in [-0.05, 0) is 82.9 Å². The fourth-order valence-corrected chi connectivity index (χ4v) is 10.2. The van der Waals surface area contributed by atoms with E-state index in [0.29, 0.717) is 5.82 Å². The first-order valence-electron chi connectivity index (χ1n) is 23.2. The van der Waals surface area contributed by atoms with Gasteiger partial charge in [0.15, 0.2) is 5.82 Å². The Balaban J connectivity index is 1.11. The Morgan fingerprint density at radius 1 is 0.235 bits per heavy atom. The lowest BCUT2D eigenvalue weighted by atomic mass is 9.96. The highest BCUT2D eigenvalue weighted by Crippen LogP contribution is 2.44. The summed E-state index contributed by atoms with van der Waals surface area (Å²) >= 11 is 0. The van der Waals surface area contributed by atoms with Gasteiger partial charge in [0, 0.05) is 49.4 Å². The highest BCUT2D eigenvalue weighted by atomic mass is 15.0. The minimum atomic E-state index is 0.684. The second kappa shape index (κ2) is 16.4. The molecule has 4 heteroatoms. The van der Waals surface area contributed by atoms with E-state index < -0.39 is 0 Å². The van der Waals surface area contributed by atoms with Crippen LogP contribution in [-0.4, -0.2) is 19.1 Å². The standard InChI is InChI=1S/C64H42N4/c1-5-19-43(20-6-1)47-33-36-62-54(39-47)55-40-48(44-21-7-2-8-22-44)34-37-63(55)68(62)61-38-35-49(57-42-56(45-23-9-3-10-24-45)65-64(66-57)46-25-11-4-12-26-46)41-53(61)52-29-15-18-32-60(52)67-58-30-16-13-27-50(58)51-28-14-17-31-59(51)67/h1-42H. The predicted molar refractivity (Wildman–Crippen MR) is 283 cm³/mol. The lowest BCUT2D eigenvalue weighted by Gasteiger charge is -2.20. The highest BCUT2D eigenvalue weighted by molar-refractivity contribution is 6.13. The van der Waals surface area contributed by atoms with Crippen molar-refractivity contribution in [2.75, 3.05) is 0 Å². The largest absolute Gasteiger partial charge is 0.309 e. The maximum absolute atomic E-state index is 5.33. The highest BCUT2D eigenvalue weighted by Gasteiger charge is 2.22. The van der Waals surface area contributed by atoms with E-state index in [1.165, 1.54) is 43.8 Å². The van der Waals surface area contributed by atoms with E-state index in [1.807, 2.05) is 24.3 Å². The zero-order valence-electron chi connectivity index (χ0n) is 37.0. The van der Waals surface area contributed by atoms with Crippen molar-refractivity contribution in [1.29, 1.82) is 0 Å². The zero-order chi connectivity index (χ0) is 45.0. The van der Waals surface area contributed by atoms with E-state index in [1.54, 1.807) is 0 Å². The lowest BCUT2D eigenvalue weighted by Crippen LogP contribution is -2.02. The molecule has 13 aromatic rings. The number of hydrogen-bond acceptors (Lipinski definition) is 2. The topological polar surface area (TPSA) is 35.6 Å². The van der Waals surface area contributed by atoms with Gasteiger partial charge in [0.25, 0.3) is 0 Å². The first kappa shape index (κ1) is 39.3. The Hall–Kier alpha value is -9.12. The van der Waals surface area contributed by atoms with Crippen LogP contribution in [0.3, 0.4) is 0 Å². The molecule has 4 nitrogen and oxygen atoms in total. The molecule has 0 aliphatic rings. The van der Waals surface area contributed by atoms with Gasteiger partial charge in [-0.15, -0.1) is 0 Å². The lowest BCUT2D eigenvalue weighted by molar-refractivity contribution is 1.16. The molecule has 0 saturated carbocycles. The summed E-state index contributed by atoms with van der Waals surface area (Å²) < 4.78 is 4.91. The van der Waals surface area contributed by atoms with Gasteiger partial charge in [0.1, 0.15) is 0 Å². The van der Waals surface area contributed by atoms with Crippen LogP contribution in [0.25, 0.3) is 122 Å². The van der Waals surface area contributed by atoms with Crippen LogP contribution in [-0.2, 0) is 0 Å². The quantitative estimate of drug-likeness (QED) is 0.153. The van der Waals surface area contributed by atoms with Gasteiger partial charge in [0.05, 0.1) is 44.8 Å². The van der Waals surface area contributed by atoms with Crippen molar-refractivity contribution in [3.63, 3.8) is 0 Å². The molecule has 0 bridgehead atoms. The second-order valence-corrected chi connectivity index (χ2v) is 17.3. The Morgan fingerprint density at radius 3 is 1.21 bits per heavy atom. The summed E-state index contributed by atoms with van der Waals surface area (Å²) in [5.74, 6) is 0.684. The molecule has 68 heavy (non-hydrogen) atoms. The van der Waals surface area contributed by atoms with Gasteiger partial charge >= 0.3 is 0 Å². The van der Waals surface area contributed by atoms with Crippen molar-refractivity contribution in [1.82, 2.24) is 19.1 Å². The van der Waals surface area contributed by atoms with Crippen LogP contribution >= 0.6 is 0 Å². The number of para-hydroxylation sites is 3. The van der Waals surface area contributed by atoms with Gasteiger partial charge < -0.3 is 9.13 Å². The maximum atomic E-state index is 5.33. The molecule has 0 aliphatic carbocycles. The van der Waals surface area contributed by atoms with Gasteiger partial charge in [-0.25, -0.2) is 9.97 Å². The summed E-state index contributed by atoms with van der Waals surface area (Å²) in [6.45, 7) is 0. The number of nitrogens with zero attached hydrogens (tertiary/aromatic N) is 4. The molecule has 3 aromatic heterocycles. The molecule has 10 aromatic carbocycles. The molecule has 0 aliphatic heterocycles. The third kappa shape index (κ3) is 6.69. The van der Waals surface area contributed by atoms with E-state index >= 15 is 0 Å². The molecule has 0 saturated heterocycles. The number of aromatic nitrogens is 4. The van der Waals surface area contributed by atoms with E-state index in [9.17, 15) is 0 Å². The minimum absolute atomic E-state index is 0.684. The molecule has 0 N–H and O–H groups in total. The number of rotatable bonds is 8. The average molecular weight is 867 g/mol. The molecular weight excluding hydrogens is 825 g/mol. The first-order valence-corrected chi connectivity index (χ1v) is 23.2. The molecule has 0 fully saturated rings. The van der Waals surface area contributed by atoms with Crippen molar-refractivity contribution in [3.05, 3.63) is 255 Å². The summed E-state index contributed by atoms with van der Waals surface area (Å²) in [5.41, 5.74) is 18.4. The Bertz CT molecular complexity index is 3790. The molecule has 0 spiro atoms. The van der Waals surface area contributed by atoms with Crippen molar-refractivity contribution in [2.24, 2.45) is 0 Å². The van der Waals surface area contributed by atoms with Gasteiger partial charge in [-0.1, -0.05) is 194 Å². The SMILES string of the molecule is c1ccc(-c2ccc3c(c2)c2cc(-c4ccccc4)ccc2n3-c2ccc(-c3cc(-c4ccccc4)nc(-c4ccccc4)n3)cc2-c2ccccc2-n2c3ccccc3c3ccccc32)cc1. The third-order valence-corrected chi connectivity index (χ3v) is 13.4. The first-order chi connectivity index (χ1) is 33.7. The Labute approximate surface area is 394 Å². The zero-order valence-corrected chi connectivity index (χ0v) is 37.0. The third-order valence-electron chi connectivity index (χ3n) is 13.4. The molecule has 318 valence electrons. The molecule has 0 unspecified atom stereocenters. The number of benzene rings is 10. The van der Waals surface area contributed by atoms with Crippen LogP contribution in [0.4, 0.5) is 0 Å². The van der Waals surface area contributed by atoms with Crippen LogP contribution in [0.2, 0.25) is 0 Å². The van der Waals surface area contributed by atoms with E-state index in [0.717, 1.165) is 72.6 Å². The molecule has 0 atom stereocenters. The molecule has 0 radical (unpaired) electrons. The fourth-order valence-electron chi connectivity index (χ4n) is 10.2. The van der Waals surface area contributed by atoms with Gasteiger partial charge in [0.2, 0.25) is 0 Å². The summed E-state index contributed by atoms with van der Waals surface area (Å²) in [4.78, 5) is 10.5. The van der Waals surface area contributed by atoms with Crippen molar-refractivity contribution in [3.8, 4) is 78.7 Å². The van der Waals surface area contributed by atoms with Crippen molar-refractivity contribution in [2.45, 2.75) is 0 Å². The predicted octanol–water partition coefficient (Wildman–Crippen LogP) is 16.7. The molecular formula is C64H42N4. The molecule has 0 amide bonds. The summed E-state index contributed by atoms with van der Waals surface area (Å²) in [7, 11) is 0. The summed E-state index contributed by atoms with van der Waals surface area (Å²) in [6, 6.07) is 91.3. The minimum Gasteiger partial charge on any atom is -0.309 e. The van der Waals surface area contributed by atoms with E-state index in [-0.39, 0.29) is 0 Å². The van der Waals surface area contributed by atoms with E-state index in [2.05, 4.69) is 240 Å². The Kier molecular flexibility index (Phi) is 9.47. The Morgan fingerprint density at radius 2 is 0.647 bits per heavy atom. The normalized spacial score (nSPS) is 11.5. The molecule has 13 rings (SSSR count). The summed E-state index contributed by atoms with van der Waals surface area (Å²) in [6.07, 6.45) is 0. The monoisotopic (exact) mass is 866 g/mol. The number of hydrogen-bond donors (Lipinski definition) is 0. The van der Waals surface area contributed by atoms with Crippen LogP contribution in [0.5, 0.6) is 0 Å². The van der Waals surface area contributed by atoms with E-state index in [4.69, 9.17) is 9.97 Å². The maximum Gasteiger partial charge on any atom is 0.160 e. The van der Waals surface area contributed by atoms with Gasteiger partial charge in [-0.3, -0.25) is 0 Å². The number of fused-ring (bicyclic) bond motifs is 6. The van der Waals surface area contributed by atoms with Crippen LogP contribution in [0, 0.1) is 0 Å². The van der Waals surface area contributed by atoms with Crippen LogP contribution < -0.4 is 0 Å². The van der Waals surface area contributed by atoms with Crippen molar-refractivity contribution >= 4 is 43.6 Å².